The Bertz CT molecular complexity index is 593. The normalized spacial score (nSPS) is 15.1. The number of hydrogen-bond donors (Lipinski definition) is 0. The number of alkyl halides is 1. The lowest BCUT2D eigenvalue weighted by atomic mass is 10.2. The van der Waals surface area contributed by atoms with Crippen LogP contribution in [0.3, 0.4) is 0 Å². The molecule has 0 bridgehead atoms. The van der Waals surface area contributed by atoms with Crippen LogP contribution in [0, 0.1) is 0 Å². The highest BCUT2D eigenvalue weighted by Gasteiger charge is 2.29. The minimum absolute atomic E-state index is 0.383. The lowest BCUT2D eigenvalue weighted by molar-refractivity contribution is 0.712. The first kappa shape index (κ1) is 12.5. The van der Waals surface area contributed by atoms with E-state index in [1.54, 1.807) is 0 Å². The van der Waals surface area contributed by atoms with Gasteiger partial charge in [0.15, 0.2) is 5.82 Å². The molecule has 0 aliphatic heterocycles. The summed E-state index contributed by atoms with van der Waals surface area (Å²) < 4.78 is 3.01. The lowest BCUT2D eigenvalue weighted by Crippen LogP contribution is -2.01. The minimum Gasteiger partial charge on any atom is -0.307 e. The van der Waals surface area contributed by atoms with E-state index in [2.05, 4.69) is 30.7 Å². The van der Waals surface area contributed by atoms with Gasteiger partial charge in [0.25, 0.3) is 0 Å². The highest BCUT2D eigenvalue weighted by molar-refractivity contribution is 9.10. The van der Waals surface area contributed by atoms with Crippen molar-refractivity contribution in [1.82, 2.24) is 14.8 Å². The smallest absolute Gasteiger partial charge is 0.164 e. The van der Waals surface area contributed by atoms with Crippen molar-refractivity contribution >= 4 is 39.1 Å². The number of aromatic nitrogens is 3. The summed E-state index contributed by atoms with van der Waals surface area (Å²) in [5.74, 6) is 2.06. The topological polar surface area (TPSA) is 30.7 Å². The summed E-state index contributed by atoms with van der Waals surface area (Å²) >= 11 is 15.4. The molecular weight excluding hydrogens is 337 g/mol. The Hall–Kier alpha value is -0.580. The molecule has 1 saturated carbocycles. The molecule has 1 fully saturated rings. The molecule has 18 heavy (non-hydrogen) atoms. The molecule has 1 aliphatic carbocycles. The zero-order valence-corrected chi connectivity index (χ0v) is 12.5. The van der Waals surface area contributed by atoms with E-state index in [0.29, 0.717) is 16.9 Å². The summed E-state index contributed by atoms with van der Waals surface area (Å²) in [4.78, 5) is 0. The summed E-state index contributed by atoms with van der Waals surface area (Å²) in [6.45, 7) is 0. The summed E-state index contributed by atoms with van der Waals surface area (Å²) in [6.07, 6.45) is 2.33. The second-order valence-corrected chi connectivity index (χ2v) is 5.83. The summed E-state index contributed by atoms with van der Waals surface area (Å²) in [7, 11) is 0. The second kappa shape index (κ2) is 4.83. The van der Waals surface area contributed by atoms with E-state index in [9.17, 15) is 0 Å². The van der Waals surface area contributed by atoms with Crippen LogP contribution in [-0.4, -0.2) is 14.8 Å². The molecule has 1 heterocycles. The zero-order valence-electron chi connectivity index (χ0n) is 9.41. The van der Waals surface area contributed by atoms with Gasteiger partial charge in [-0.2, -0.15) is 0 Å². The predicted octanol–water partition coefficient (Wildman–Crippen LogP) is 4.43. The number of nitrogens with zero attached hydrogens (tertiary/aromatic N) is 3. The number of halogens is 3. The molecule has 0 spiro atoms. The number of benzene rings is 1. The van der Waals surface area contributed by atoms with Crippen LogP contribution >= 0.6 is 39.1 Å². The largest absolute Gasteiger partial charge is 0.307 e. The van der Waals surface area contributed by atoms with Crippen LogP contribution < -0.4 is 0 Å². The van der Waals surface area contributed by atoms with Crippen molar-refractivity contribution < 1.29 is 0 Å². The van der Waals surface area contributed by atoms with Crippen molar-refractivity contribution in [1.29, 1.82) is 0 Å². The first-order valence-corrected chi connectivity index (χ1v) is 7.36. The van der Waals surface area contributed by atoms with E-state index in [4.69, 9.17) is 23.2 Å². The fraction of sp³-hybridized carbons (Fsp3) is 0.333. The van der Waals surface area contributed by atoms with Gasteiger partial charge in [0, 0.05) is 16.1 Å². The Labute approximate surface area is 123 Å². The number of rotatable bonds is 3. The molecule has 0 N–H and O–H groups in total. The quantitative estimate of drug-likeness (QED) is 0.769. The van der Waals surface area contributed by atoms with Crippen LogP contribution in [-0.2, 0) is 5.88 Å². The van der Waals surface area contributed by atoms with Crippen molar-refractivity contribution in [3.8, 4) is 11.4 Å². The summed E-state index contributed by atoms with van der Waals surface area (Å²) in [6, 6.07) is 6.29. The molecule has 0 amide bonds. The molecule has 0 radical (unpaired) electrons. The van der Waals surface area contributed by atoms with Gasteiger partial charge >= 0.3 is 0 Å². The molecule has 3 rings (SSSR count). The Morgan fingerprint density at radius 3 is 2.72 bits per heavy atom. The van der Waals surface area contributed by atoms with Gasteiger partial charge in [-0.3, -0.25) is 0 Å². The minimum atomic E-state index is 0.383. The molecule has 6 heteroatoms. The van der Waals surface area contributed by atoms with Gasteiger partial charge in [-0.1, -0.05) is 11.6 Å². The monoisotopic (exact) mass is 345 g/mol. The highest BCUT2D eigenvalue weighted by atomic mass is 79.9. The third-order valence-corrected chi connectivity index (χ3v) is 4.45. The van der Waals surface area contributed by atoms with Gasteiger partial charge in [-0.25, -0.2) is 0 Å². The van der Waals surface area contributed by atoms with E-state index in [1.807, 2.05) is 18.2 Å². The van der Waals surface area contributed by atoms with Gasteiger partial charge in [-0.05, 0) is 47.0 Å². The van der Waals surface area contributed by atoms with Crippen LogP contribution in [0.15, 0.2) is 22.7 Å². The highest BCUT2D eigenvalue weighted by Crippen LogP contribution is 2.39. The molecule has 0 unspecified atom stereocenters. The molecule has 1 aromatic carbocycles. The summed E-state index contributed by atoms with van der Waals surface area (Å²) in [5, 5.41) is 9.07. The van der Waals surface area contributed by atoms with Crippen molar-refractivity contribution in [2.45, 2.75) is 24.8 Å². The van der Waals surface area contributed by atoms with Gasteiger partial charge < -0.3 is 4.57 Å². The van der Waals surface area contributed by atoms with Gasteiger partial charge in [-0.15, -0.1) is 21.8 Å². The number of hydrogen-bond acceptors (Lipinski definition) is 2. The molecule has 1 aliphatic rings. The molecular formula is C12H10BrCl2N3. The van der Waals surface area contributed by atoms with E-state index in [1.165, 1.54) is 12.8 Å². The first-order valence-electron chi connectivity index (χ1n) is 5.66. The van der Waals surface area contributed by atoms with Crippen LogP contribution in [0.1, 0.15) is 24.7 Å². The van der Waals surface area contributed by atoms with Crippen LogP contribution in [0.4, 0.5) is 0 Å². The fourth-order valence-corrected chi connectivity index (χ4v) is 2.57. The molecule has 2 aromatic rings. The SMILES string of the molecule is ClCc1nnc(-c2ccc(Br)c(Cl)c2)n1C1CC1. The third-order valence-electron chi connectivity index (χ3n) is 2.98. The maximum Gasteiger partial charge on any atom is 0.164 e. The zero-order chi connectivity index (χ0) is 12.7. The van der Waals surface area contributed by atoms with Crippen LogP contribution in [0.5, 0.6) is 0 Å². The molecule has 0 saturated heterocycles. The predicted molar refractivity (Wildman–Crippen MR) is 76.0 cm³/mol. The van der Waals surface area contributed by atoms with Crippen molar-refractivity contribution in [3.05, 3.63) is 33.5 Å². The van der Waals surface area contributed by atoms with E-state index >= 15 is 0 Å². The fourth-order valence-electron chi connectivity index (χ4n) is 1.96. The first-order chi connectivity index (χ1) is 8.70. The van der Waals surface area contributed by atoms with E-state index < -0.39 is 0 Å². The summed E-state index contributed by atoms with van der Waals surface area (Å²) in [5.41, 5.74) is 0.971. The van der Waals surface area contributed by atoms with Gasteiger partial charge in [0.1, 0.15) is 5.82 Å². The van der Waals surface area contributed by atoms with Crippen molar-refractivity contribution in [2.24, 2.45) is 0 Å². The maximum absolute atomic E-state index is 6.12. The van der Waals surface area contributed by atoms with E-state index in [0.717, 1.165) is 21.7 Å². The molecule has 94 valence electrons. The Kier molecular flexibility index (Phi) is 3.34. The third kappa shape index (κ3) is 2.17. The second-order valence-electron chi connectivity index (χ2n) is 4.30. The lowest BCUT2D eigenvalue weighted by Gasteiger charge is -2.08. The van der Waals surface area contributed by atoms with Crippen LogP contribution in [0.25, 0.3) is 11.4 Å². The average molecular weight is 347 g/mol. The van der Waals surface area contributed by atoms with E-state index in [-0.39, 0.29) is 0 Å². The van der Waals surface area contributed by atoms with Crippen LogP contribution in [0.2, 0.25) is 5.02 Å². The maximum atomic E-state index is 6.12. The average Bonchev–Trinajstić information content (AvgIpc) is 3.12. The standard InChI is InChI=1S/C12H10BrCl2N3/c13-9-4-1-7(5-10(9)15)12-17-16-11(6-14)18(12)8-2-3-8/h1,4-5,8H,2-3,6H2. The van der Waals surface area contributed by atoms with Crippen molar-refractivity contribution in [3.63, 3.8) is 0 Å². The molecule has 0 atom stereocenters. The Morgan fingerprint density at radius 1 is 1.33 bits per heavy atom. The Morgan fingerprint density at radius 2 is 2.11 bits per heavy atom. The molecule has 3 nitrogen and oxygen atoms in total. The molecule has 1 aromatic heterocycles. The van der Waals surface area contributed by atoms with Crippen molar-refractivity contribution in [2.75, 3.05) is 0 Å². The Balaban J connectivity index is 2.10. The van der Waals surface area contributed by atoms with Gasteiger partial charge in [0.05, 0.1) is 10.9 Å². The van der Waals surface area contributed by atoms with Gasteiger partial charge in [0.2, 0.25) is 0 Å².